The first-order valence-electron chi connectivity index (χ1n) is 13.6. The average molecular weight is 500 g/mol. The van der Waals surface area contributed by atoms with E-state index in [-0.39, 0.29) is 11.3 Å². The molecule has 0 atom stereocenters. The summed E-state index contributed by atoms with van der Waals surface area (Å²) in [5.41, 5.74) is 4.11. The van der Waals surface area contributed by atoms with Gasteiger partial charge in [0.05, 0.1) is 11.3 Å². The molecule has 2 aromatic carbocycles. The maximum Gasteiger partial charge on any atom is 0.357 e. The van der Waals surface area contributed by atoms with E-state index in [0.29, 0.717) is 5.69 Å². The third-order valence-corrected chi connectivity index (χ3v) is 6.98. The second-order valence-corrected chi connectivity index (χ2v) is 9.75. The summed E-state index contributed by atoms with van der Waals surface area (Å²) in [6.45, 7) is 4.47. The molecule has 0 saturated heterocycles. The molecule has 0 fully saturated rings. The summed E-state index contributed by atoms with van der Waals surface area (Å²) in [5.74, 6) is -1.66. The number of para-hydroxylation sites is 1. The van der Waals surface area contributed by atoms with Crippen LogP contribution in [0.4, 0.5) is 11.4 Å². The van der Waals surface area contributed by atoms with Crippen LogP contribution in [0.2, 0.25) is 0 Å². The van der Waals surface area contributed by atoms with Crippen molar-refractivity contribution in [1.29, 1.82) is 0 Å². The van der Waals surface area contributed by atoms with Crippen molar-refractivity contribution in [2.45, 2.75) is 64.7 Å². The van der Waals surface area contributed by atoms with Gasteiger partial charge in [0.25, 0.3) is 5.91 Å². The lowest BCUT2D eigenvalue weighted by Gasteiger charge is -2.25. The standard InChI is InChI=1S/C31H37N3O3/c1-2-3-4-5-6-11-21-33-22-12-10-15-25-23-24(19-20-28(25)33)14-13-18-27-29(31(36)37)32-34(30(27)35)26-16-8-7-9-17-26/h7-9,13-14,16-20,23H,2-6,10-12,15,21-22H2,1H3,(H,36,37)/b14-13+,27-18-. The van der Waals surface area contributed by atoms with Crippen LogP contribution >= 0.6 is 0 Å². The molecule has 1 N–H and O–H groups in total. The number of aryl methyl sites for hydroxylation is 1. The van der Waals surface area contributed by atoms with Crippen molar-refractivity contribution in [3.8, 4) is 0 Å². The normalized spacial score (nSPS) is 16.8. The number of hydrazone groups is 1. The van der Waals surface area contributed by atoms with Crippen LogP contribution < -0.4 is 9.91 Å². The molecular formula is C31H37N3O3. The summed E-state index contributed by atoms with van der Waals surface area (Å²) in [6.07, 6.45) is 16.5. The Kier molecular flexibility index (Phi) is 9.30. The van der Waals surface area contributed by atoms with Crippen molar-refractivity contribution in [2.24, 2.45) is 5.10 Å². The van der Waals surface area contributed by atoms with E-state index in [1.165, 1.54) is 62.6 Å². The van der Waals surface area contributed by atoms with Gasteiger partial charge in [-0.2, -0.15) is 10.1 Å². The van der Waals surface area contributed by atoms with Gasteiger partial charge in [-0.05, 0) is 67.2 Å². The lowest BCUT2D eigenvalue weighted by molar-refractivity contribution is -0.129. The zero-order valence-corrected chi connectivity index (χ0v) is 21.7. The second-order valence-electron chi connectivity index (χ2n) is 9.75. The van der Waals surface area contributed by atoms with Crippen molar-refractivity contribution in [1.82, 2.24) is 0 Å². The van der Waals surface area contributed by atoms with Crippen LogP contribution in [-0.2, 0) is 16.0 Å². The van der Waals surface area contributed by atoms with Crippen LogP contribution in [0, 0.1) is 0 Å². The third kappa shape index (κ3) is 6.76. The van der Waals surface area contributed by atoms with Gasteiger partial charge in [0, 0.05) is 18.8 Å². The first-order valence-corrected chi connectivity index (χ1v) is 13.6. The van der Waals surface area contributed by atoms with Crippen LogP contribution in [0.15, 0.2) is 71.4 Å². The third-order valence-electron chi connectivity index (χ3n) is 6.98. The summed E-state index contributed by atoms with van der Waals surface area (Å²) in [5, 5.41) is 14.8. The van der Waals surface area contributed by atoms with Gasteiger partial charge in [-0.15, -0.1) is 0 Å². The molecule has 0 radical (unpaired) electrons. The van der Waals surface area contributed by atoms with Crippen LogP contribution in [0.3, 0.4) is 0 Å². The van der Waals surface area contributed by atoms with Crippen molar-refractivity contribution >= 4 is 35.0 Å². The summed E-state index contributed by atoms with van der Waals surface area (Å²) in [6, 6.07) is 15.4. The molecule has 0 aromatic heterocycles. The van der Waals surface area contributed by atoms with Crippen molar-refractivity contribution in [2.75, 3.05) is 23.0 Å². The van der Waals surface area contributed by atoms with E-state index in [0.717, 1.165) is 30.1 Å². The number of carbonyl (C=O) groups is 2. The van der Waals surface area contributed by atoms with E-state index in [4.69, 9.17) is 0 Å². The molecule has 0 spiro atoms. The van der Waals surface area contributed by atoms with E-state index in [2.05, 4.69) is 35.1 Å². The van der Waals surface area contributed by atoms with E-state index < -0.39 is 11.9 Å². The first-order chi connectivity index (χ1) is 18.1. The van der Waals surface area contributed by atoms with Gasteiger partial charge >= 0.3 is 5.97 Å². The Bertz CT molecular complexity index is 1180. The number of nitrogens with zero attached hydrogens (tertiary/aromatic N) is 3. The van der Waals surface area contributed by atoms with Gasteiger partial charge in [-0.1, -0.05) is 75.4 Å². The molecule has 37 heavy (non-hydrogen) atoms. The molecule has 6 heteroatoms. The number of fused-ring (bicyclic) bond motifs is 1. The van der Waals surface area contributed by atoms with E-state index in [1.807, 2.05) is 12.1 Å². The fraction of sp³-hybridized carbons (Fsp3) is 0.387. The van der Waals surface area contributed by atoms with Crippen LogP contribution in [0.25, 0.3) is 6.08 Å². The quantitative estimate of drug-likeness (QED) is 0.279. The Balaban J connectivity index is 1.45. The molecule has 2 aromatic rings. The van der Waals surface area contributed by atoms with Gasteiger partial charge in [-0.25, -0.2) is 4.79 Å². The van der Waals surface area contributed by atoms with E-state index >= 15 is 0 Å². The summed E-state index contributed by atoms with van der Waals surface area (Å²) in [7, 11) is 0. The predicted octanol–water partition coefficient (Wildman–Crippen LogP) is 6.62. The average Bonchev–Trinajstić information content (AvgIpc) is 3.10. The summed E-state index contributed by atoms with van der Waals surface area (Å²) in [4.78, 5) is 27.2. The Morgan fingerprint density at radius 1 is 1.03 bits per heavy atom. The first kappa shape index (κ1) is 26.4. The molecule has 194 valence electrons. The number of unbranched alkanes of at least 4 members (excludes halogenated alkanes) is 5. The molecule has 2 aliphatic heterocycles. The topological polar surface area (TPSA) is 73.2 Å². The maximum atomic E-state index is 12.9. The molecular weight excluding hydrogens is 462 g/mol. The Morgan fingerprint density at radius 3 is 2.59 bits per heavy atom. The molecule has 0 aliphatic carbocycles. The van der Waals surface area contributed by atoms with Gasteiger partial charge in [0.2, 0.25) is 0 Å². The highest BCUT2D eigenvalue weighted by Gasteiger charge is 2.34. The fourth-order valence-electron chi connectivity index (χ4n) is 4.99. The molecule has 1 amide bonds. The predicted molar refractivity (Wildman–Crippen MR) is 151 cm³/mol. The number of allylic oxidation sites excluding steroid dienone is 2. The summed E-state index contributed by atoms with van der Waals surface area (Å²) >= 11 is 0. The monoisotopic (exact) mass is 499 g/mol. The number of benzene rings is 2. The minimum atomic E-state index is -1.22. The highest BCUT2D eigenvalue weighted by molar-refractivity contribution is 6.52. The van der Waals surface area contributed by atoms with Crippen molar-refractivity contribution in [3.05, 3.63) is 77.4 Å². The minimum Gasteiger partial charge on any atom is -0.476 e. The highest BCUT2D eigenvalue weighted by atomic mass is 16.4. The zero-order valence-electron chi connectivity index (χ0n) is 21.7. The SMILES string of the molecule is CCCCCCCCN1CCCCc2cc(/C=C/C=C3\C(=O)N(c4ccccc4)N=C3C(=O)O)ccc21. The number of rotatable bonds is 11. The van der Waals surface area contributed by atoms with Gasteiger partial charge in [-0.3, -0.25) is 4.79 Å². The van der Waals surface area contributed by atoms with Crippen LogP contribution in [0.1, 0.15) is 69.4 Å². The lowest BCUT2D eigenvalue weighted by Crippen LogP contribution is -2.25. The minimum absolute atomic E-state index is 0.0764. The number of hydrogen-bond donors (Lipinski definition) is 1. The van der Waals surface area contributed by atoms with Crippen LogP contribution in [-0.4, -0.2) is 35.8 Å². The number of aliphatic carboxylic acids is 1. The highest BCUT2D eigenvalue weighted by Crippen LogP contribution is 2.29. The molecule has 4 rings (SSSR count). The van der Waals surface area contributed by atoms with E-state index in [1.54, 1.807) is 36.4 Å². The van der Waals surface area contributed by atoms with Crippen molar-refractivity contribution in [3.63, 3.8) is 0 Å². The van der Waals surface area contributed by atoms with Gasteiger partial charge < -0.3 is 10.0 Å². The van der Waals surface area contributed by atoms with Crippen LogP contribution in [0.5, 0.6) is 0 Å². The number of carboxylic acids is 1. The maximum absolute atomic E-state index is 12.9. The zero-order chi connectivity index (χ0) is 26.0. The number of hydrogen-bond acceptors (Lipinski definition) is 4. The fourth-order valence-corrected chi connectivity index (χ4v) is 4.99. The smallest absolute Gasteiger partial charge is 0.357 e. The number of amides is 1. The Labute approximate surface area is 220 Å². The number of carboxylic acid groups (broad SMARTS) is 1. The van der Waals surface area contributed by atoms with Gasteiger partial charge in [0.15, 0.2) is 5.71 Å². The van der Waals surface area contributed by atoms with Gasteiger partial charge in [0.1, 0.15) is 0 Å². The van der Waals surface area contributed by atoms with E-state index in [9.17, 15) is 14.7 Å². The number of anilines is 2. The molecule has 0 bridgehead atoms. The Morgan fingerprint density at radius 2 is 1.81 bits per heavy atom. The summed E-state index contributed by atoms with van der Waals surface area (Å²) < 4.78 is 0. The molecule has 0 unspecified atom stereocenters. The second kappa shape index (κ2) is 13.0. The molecule has 2 aliphatic rings. The number of carbonyl (C=O) groups excluding carboxylic acids is 1. The van der Waals surface area contributed by atoms with Crippen molar-refractivity contribution < 1.29 is 14.7 Å². The largest absolute Gasteiger partial charge is 0.476 e. The Hall–Kier alpha value is -3.67. The molecule has 0 saturated carbocycles. The molecule has 6 nitrogen and oxygen atoms in total. The lowest BCUT2D eigenvalue weighted by atomic mass is 10.0. The molecule has 2 heterocycles.